The summed E-state index contributed by atoms with van der Waals surface area (Å²) in [6.07, 6.45) is 5.54. The molecule has 2 N–H and O–H groups in total. The van der Waals surface area contributed by atoms with E-state index in [1.54, 1.807) is 0 Å². The van der Waals surface area contributed by atoms with Gasteiger partial charge in [-0.15, -0.1) is 0 Å². The van der Waals surface area contributed by atoms with Gasteiger partial charge in [-0.1, -0.05) is 26.7 Å². The van der Waals surface area contributed by atoms with E-state index in [-0.39, 0.29) is 0 Å². The van der Waals surface area contributed by atoms with Gasteiger partial charge in [-0.3, -0.25) is 0 Å². The third-order valence-electron chi connectivity index (χ3n) is 2.11. The zero-order valence-electron chi connectivity index (χ0n) is 7.69. The lowest BCUT2D eigenvalue weighted by atomic mass is 10.00. The van der Waals surface area contributed by atoms with E-state index in [4.69, 9.17) is 0 Å². The highest BCUT2D eigenvalue weighted by atomic mass is 14.8. The highest BCUT2D eigenvalue weighted by Crippen LogP contribution is 2.09. The Labute approximate surface area is 65.2 Å². The molecule has 0 radical (unpaired) electrons. The van der Waals surface area contributed by atoms with Gasteiger partial charge in [0.05, 0.1) is 13.6 Å². The van der Waals surface area contributed by atoms with E-state index in [0.717, 1.165) is 5.92 Å². The molecule has 1 unspecified atom stereocenters. The fourth-order valence-corrected chi connectivity index (χ4v) is 1.31. The Morgan fingerprint density at radius 3 is 2.40 bits per heavy atom. The molecule has 0 bridgehead atoms. The van der Waals surface area contributed by atoms with Crippen molar-refractivity contribution in [2.45, 2.75) is 39.5 Å². The van der Waals surface area contributed by atoms with Crippen LogP contribution in [0, 0.1) is 5.92 Å². The van der Waals surface area contributed by atoms with Crippen molar-refractivity contribution in [2.24, 2.45) is 5.92 Å². The van der Waals surface area contributed by atoms with Crippen molar-refractivity contribution in [3.8, 4) is 0 Å². The maximum absolute atomic E-state index is 2.30. The summed E-state index contributed by atoms with van der Waals surface area (Å²) in [7, 11) is 2.16. The molecule has 1 atom stereocenters. The first-order chi connectivity index (χ1) is 4.85. The van der Waals surface area contributed by atoms with Gasteiger partial charge in [0.25, 0.3) is 0 Å². The summed E-state index contributed by atoms with van der Waals surface area (Å²) >= 11 is 0. The van der Waals surface area contributed by atoms with Gasteiger partial charge in [0.1, 0.15) is 0 Å². The lowest BCUT2D eigenvalue weighted by molar-refractivity contribution is -0.633. The molecule has 0 heterocycles. The molecule has 10 heavy (non-hydrogen) atoms. The monoisotopic (exact) mass is 144 g/mol. The number of quaternary nitrogens is 1. The highest BCUT2D eigenvalue weighted by molar-refractivity contribution is 4.53. The van der Waals surface area contributed by atoms with Crippen molar-refractivity contribution >= 4 is 0 Å². The maximum atomic E-state index is 2.30. The minimum atomic E-state index is 0.963. The Bertz CT molecular complexity index is 61.7. The summed E-state index contributed by atoms with van der Waals surface area (Å²) < 4.78 is 0. The van der Waals surface area contributed by atoms with Crippen molar-refractivity contribution in [3.05, 3.63) is 0 Å². The standard InChI is InChI=1S/C9H21N/c1-4-6-7-9(5-2)8-10-3/h9-10H,4-8H2,1-3H3/p+1. The predicted molar refractivity (Wildman–Crippen MR) is 46.0 cm³/mol. The van der Waals surface area contributed by atoms with Gasteiger partial charge in [-0.2, -0.15) is 0 Å². The van der Waals surface area contributed by atoms with Crippen LogP contribution in [0.25, 0.3) is 0 Å². The largest absolute Gasteiger partial charge is 0.348 e. The summed E-state index contributed by atoms with van der Waals surface area (Å²) in [5.41, 5.74) is 0. The molecule has 0 aromatic carbocycles. The van der Waals surface area contributed by atoms with E-state index in [1.165, 1.54) is 32.2 Å². The van der Waals surface area contributed by atoms with Crippen molar-refractivity contribution in [2.75, 3.05) is 13.6 Å². The first-order valence-electron chi connectivity index (χ1n) is 4.62. The molecule has 0 aliphatic carbocycles. The van der Waals surface area contributed by atoms with Gasteiger partial charge >= 0.3 is 0 Å². The number of hydrogen-bond acceptors (Lipinski definition) is 0. The Hall–Kier alpha value is -0.0400. The third kappa shape index (κ3) is 4.80. The van der Waals surface area contributed by atoms with E-state index >= 15 is 0 Å². The Balaban J connectivity index is 3.21. The van der Waals surface area contributed by atoms with Crippen molar-refractivity contribution < 1.29 is 5.32 Å². The molecule has 0 spiro atoms. The topological polar surface area (TPSA) is 16.6 Å². The van der Waals surface area contributed by atoms with Crippen molar-refractivity contribution in [3.63, 3.8) is 0 Å². The molecule has 0 aromatic heterocycles. The second kappa shape index (κ2) is 7.07. The Kier molecular flexibility index (Phi) is 7.04. The van der Waals surface area contributed by atoms with Crippen LogP contribution in [0.4, 0.5) is 0 Å². The summed E-state index contributed by atoms with van der Waals surface area (Å²) in [6.45, 7) is 5.88. The lowest BCUT2D eigenvalue weighted by Crippen LogP contribution is -2.81. The average molecular weight is 144 g/mol. The molecular weight excluding hydrogens is 122 g/mol. The summed E-state index contributed by atoms with van der Waals surface area (Å²) in [5.74, 6) is 0.963. The molecule has 62 valence electrons. The van der Waals surface area contributed by atoms with E-state index < -0.39 is 0 Å². The predicted octanol–water partition coefficient (Wildman–Crippen LogP) is 1.40. The Morgan fingerprint density at radius 1 is 1.30 bits per heavy atom. The molecule has 0 aliphatic heterocycles. The van der Waals surface area contributed by atoms with Crippen LogP contribution in [0.15, 0.2) is 0 Å². The minimum absolute atomic E-state index is 0.963. The number of nitrogens with two attached hydrogens (primary N) is 1. The minimum Gasteiger partial charge on any atom is -0.348 e. The molecule has 0 saturated carbocycles. The van der Waals surface area contributed by atoms with E-state index in [2.05, 4.69) is 26.2 Å². The van der Waals surface area contributed by atoms with Gasteiger partial charge in [0.2, 0.25) is 0 Å². The van der Waals surface area contributed by atoms with Crippen LogP contribution in [0.2, 0.25) is 0 Å². The van der Waals surface area contributed by atoms with Gasteiger partial charge in [0, 0.05) is 5.92 Å². The highest BCUT2D eigenvalue weighted by Gasteiger charge is 2.04. The molecule has 0 rings (SSSR count). The zero-order valence-corrected chi connectivity index (χ0v) is 7.69. The second-order valence-electron chi connectivity index (χ2n) is 3.06. The summed E-state index contributed by atoms with van der Waals surface area (Å²) in [5, 5.41) is 2.30. The lowest BCUT2D eigenvalue weighted by Gasteiger charge is -2.10. The third-order valence-corrected chi connectivity index (χ3v) is 2.11. The maximum Gasteiger partial charge on any atom is 0.0781 e. The van der Waals surface area contributed by atoms with E-state index in [9.17, 15) is 0 Å². The normalized spacial score (nSPS) is 13.5. The van der Waals surface area contributed by atoms with Crippen LogP contribution >= 0.6 is 0 Å². The van der Waals surface area contributed by atoms with Crippen molar-refractivity contribution in [1.29, 1.82) is 0 Å². The first kappa shape index (κ1) is 9.96. The summed E-state index contributed by atoms with van der Waals surface area (Å²) in [6, 6.07) is 0. The van der Waals surface area contributed by atoms with Gasteiger partial charge < -0.3 is 5.32 Å². The van der Waals surface area contributed by atoms with Crippen LogP contribution in [0.1, 0.15) is 39.5 Å². The molecule has 1 nitrogen and oxygen atoms in total. The number of unbranched alkanes of at least 4 members (excludes halogenated alkanes) is 1. The summed E-state index contributed by atoms with van der Waals surface area (Å²) in [4.78, 5) is 0. The van der Waals surface area contributed by atoms with Crippen LogP contribution in [-0.4, -0.2) is 13.6 Å². The van der Waals surface area contributed by atoms with Crippen LogP contribution in [0.5, 0.6) is 0 Å². The zero-order chi connectivity index (χ0) is 7.82. The van der Waals surface area contributed by atoms with E-state index in [0.29, 0.717) is 0 Å². The molecule has 0 fully saturated rings. The molecule has 0 aliphatic rings. The van der Waals surface area contributed by atoms with Crippen molar-refractivity contribution in [1.82, 2.24) is 0 Å². The molecule has 0 amide bonds. The van der Waals surface area contributed by atoms with Crippen LogP contribution < -0.4 is 5.32 Å². The second-order valence-corrected chi connectivity index (χ2v) is 3.06. The molecule has 0 aromatic rings. The quantitative estimate of drug-likeness (QED) is 0.580. The number of hydrogen-bond donors (Lipinski definition) is 1. The fraction of sp³-hybridized carbons (Fsp3) is 1.00. The Morgan fingerprint density at radius 2 is 2.00 bits per heavy atom. The number of rotatable bonds is 6. The van der Waals surface area contributed by atoms with Crippen LogP contribution in [0.3, 0.4) is 0 Å². The fourth-order valence-electron chi connectivity index (χ4n) is 1.31. The first-order valence-corrected chi connectivity index (χ1v) is 4.62. The molecule has 1 heteroatoms. The SMILES string of the molecule is CCCCC(CC)C[NH2+]C. The van der Waals surface area contributed by atoms with Gasteiger partial charge in [-0.05, 0) is 12.8 Å². The molecule has 0 saturated heterocycles. The van der Waals surface area contributed by atoms with Gasteiger partial charge in [-0.25, -0.2) is 0 Å². The average Bonchev–Trinajstić information content (AvgIpc) is 1.98. The molecular formula is C9H22N+. The van der Waals surface area contributed by atoms with Crippen LogP contribution in [-0.2, 0) is 0 Å². The smallest absolute Gasteiger partial charge is 0.0781 e. The van der Waals surface area contributed by atoms with Gasteiger partial charge in [0.15, 0.2) is 0 Å². The van der Waals surface area contributed by atoms with E-state index in [1.807, 2.05) is 0 Å².